The number of piperidine rings is 1. The number of aromatic nitrogens is 2. The molecular formula is C31H44N7O2Y. The fraction of sp³-hybridized carbons (Fsp3) is 0.452. The van der Waals surface area contributed by atoms with Gasteiger partial charge in [0.15, 0.2) is 0 Å². The molecule has 4 rings (SSSR count). The van der Waals surface area contributed by atoms with Crippen molar-refractivity contribution in [2.75, 3.05) is 63.8 Å². The summed E-state index contributed by atoms with van der Waals surface area (Å²) in [7, 11) is 0. The Morgan fingerprint density at radius 3 is 2.37 bits per heavy atom. The number of amides is 2. The smallest absolute Gasteiger partial charge is 0.399 e. The largest absolute Gasteiger partial charge is 3.00 e. The van der Waals surface area contributed by atoms with E-state index >= 15 is 0 Å². The monoisotopic (exact) mass is 635 g/mol. The number of nitrogens with one attached hydrogen (secondary N) is 2. The Morgan fingerprint density at radius 1 is 1.05 bits per heavy atom. The van der Waals surface area contributed by atoms with Crippen molar-refractivity contribution >= 4 is 23.7 Å². The van der Waals surface area contributed by atoms with Crippen molar-refractivity contribution in [3.63, 3.8) is 0 Å². The molecule has 0 radical (unpaired) electrons. The number of hydrogen-bond acceptors (Lipinski definition) is 7. The second kappa shape index (κ2) is 19.8. The number of carbonyl (C=O) groups excluding carboxylic acids is 2. The summed E-state index contributed by atoms with van der Waals surface area (Å²) in [4.78, 5) is 38.6. The minimum absolute atomic E-state index is 0. The first-order valence-corrected chi connectivity index (χ1v) is 14.2. The zero-order valence-corrected chi connectivity index (χ0v) is 27.1. The standard InChI is InChI=1S/C19H29N5O.C12H15N2O.Y/c1-3-22(4-2)19(25)16-5-6-18(21-15-16)24-11-7-17(8-12-24)23-13-9-20-10-14-23;1-2-3-9-14-12(15)7-6-11-5-4-8-13-10-11;/h5-6,15,17,20H,1-4,7-14H2;4-8,10H,1-3,9H2,(H,14,15);/q-2;-1;+3/b;7-6+;. The Labute approximate surface area is 271 Å². The third-order valence-corrected chi connectivity index (χ3v) is 7.12. The van der Waals surface area contributed by atoms with Crippen LogP contribution in [0.25, 0.3) is 6.08 Å². The molecular weight excluding hydrogens is 591 g/mol. The van der Waals surface area contributed by atoms with Crippen LogP contribution in [0.4, 0.5) is 5.82 Å². The van der Waals surface area contributed by atoms with Crippen LogP contribution in [0.5, 0.6) is 0 Å². The van der Waals surface area contributed by atoms with Gasteiger partial charge < -0.3 is 41.2 Å². The van der Waals surface area contributed by atoms with E-state index in [1.54, 1.807) is 29.6 Å². The topological polar surface area (TPSA) is 93.7 Å². The van der Waals surface area contributed by atoms with E-state index in [1.807, 2.05) is 24.3 Å². The minimum Gasteiger partial charge on any atom is -0.399 e. The van der Waals surface area contributed by atoms with Gasteiger partial charge in [-0.05, 0) is 42.7 Å². The number of rotatable bonds is 10. The van der Waals surface area contributed by atoms with E-state index in [4.69, 9.17) is 0 Å². The number of pyridine rings is 2. The fourth-order valence-corrected chi connectivity index (χ4v) is 4.75. The molecule has 2 N–H and O–H groups in total. The van der Waals surface area contributed by atoms with Crippen LogP contribution >= 0.6 is 0 Å². The summed E-state index contributed by atoms with van der Waals surface area (Å²) in [6.07, 6.45) is 12.5. The Balaban J connectivity index is 0.000000317. The molecule has 0 aromatic carbocycles. The molecule has 0 atom stereocenters. The molecule has 218 valence electrons. The van der Waals surface area contributed by atoms with E-state index < -0.39 is 0 Å². The van der Waals surface area contributed by atoms with Crippen molar-refractivity contribution in [2.45, 2.75) is 31.7 Å². The van der Waals surface area contributed by atoms with Crippen LogP contribution < -0.4 is 15.5 Å². The minimum atomic E-state index is -0.0766. The number of unbranched alkanes of at least 4 members (excludes halogenated alkanes) is 1. The molecule has 0 spiro atoms. The van der Waals surface area contributed by atoms with Gasteiger partial charge in [0.05, 0.1) is 5.56 Å². The molecule has 41 heavy (non-hydrogen) atoms. The second-order valence-electron chi connectivity index (χ2n) is 9.82. The quantitative estimate of drug-likeness (QED) is 0.236. The maximum absolute atomic E-state index is 12.3. The van der Waals surface area contributed by atoms with Crippen molar-refractivity contribution in [2.24, 2.45) is 0 Å². The van der Waals surface area contributed by atoms with Gasteiger partial charge in [-0.2, -0.15) is 6.42 Å². The normalized spacial score (nSPS) is 15.9. The zero-order chi connectivity index (χ0) is 28.6. The summed E-state index contributed by atoms with van der Waals surface area (Å²) in [6.45, 7) is 19.3. The summed E-state index contributed by atoms with van der Waals surface area (Å²) < 4.78 is 0. The van der Waals surface area contributed by atoms with Gasteiger partial charge >= 0.3 is 32.7 Å². The Hall–Kier alpha value is -2.20. The van der Waals surface area contributed by atoms with Gasteiger partial charge in [0, 0.05) is 76.5 Å². The van der Waals surface area contributed by atoms with Crippen LogP contribution in [0.15, 0.2) is 48.9 Å². The Bertz CT molecular complexity index is 1030. The molecule has 2 amide bonds. The molecule has 2 aliphatic rings. The van der Waals surface area contributed by atoms with Crippen LogP contribution in [0.2, 0.25) is 0 Å². The van der Waals surface area contributed by atoms with Gasteiger partial charge in [-0.3, -0.25) is 19.5 Å². The summed E-state index contributed by atoms with van der Waals surface area (Å²) in [6, 6.07) is 8.25. The molecule has 10 heteroatoms. The molecule has 2 aliphatic heterocycles. The first kappa shape index (κ1) is 35.0. The van der Waals surface area contributed by atoms with Crippen molar-refractivity contribution in [1.29, 1.82) is 0 Å². The van der Waals surface area contributed by atoms with Crippen LogP contribution in [-0.4, -0.2) is 96.5 Å². The van der Waals surface area contributed by atoms with Gasteiger partial charge in [-0.25, -0.2) is 4.98 Å². The van der Waals surface area contributed by atoms with Crippen molar-refractivity contribution in [3.8, 4) is 0 Å². The first-order valence-electron chi connectivity index (χ1n) is 14.2. The third kappa shape index (κ3) is 11.9. The average Bonchev–Trinajstić information content (AvgIpc) is 3.02. The molecule has 2 fully saturated rings. The van der Waals surface area contributed by atoms with E-state index in [9.17, 15) is 9.59 Å². The molecule has 0 saturated carbocycles. The van der Waals surface area contributed by atoms with Crippen LogP contribution in [0, 0.1) is 20.8 Å². The maximum Gasteiger partial charge on any atom is 3.00 e. The average molecular weight is 636 g/mol. The summed E-state index contributed by atoms with van der Waals surface area (Å²) in [5.41, 5.74) is 1.52. The molecule has 9 nitrogen and oxygen atoms in total. The van der Waals surface area contributed by atoms with Gasteiger partial charge in [0.25, 0.3) is 5.91 Å². The third-order valence-electron chi connectivity index (χ3n) is 7.12. The van der Waals surface area contributed by atoms with Crippen LogP contribution in [0.1, 0.15) is 41.6 Å². The Morgan fingerprint density at radius 2 is 1.78 bits per heavy atom. The SMILES string of the molecule is [CH2-]CCCNC(=O)/C=C/c1cccnc1.[CH2-]CN(C[CH2-])C(=O)c1ccc(N2CCC(N3CCNCC3)CC2)nc1.[Y+3]. The fourth-order valence-electron chi connectivity index (χ4n) is 4.75. The van der Waals surface area contributed by atoms with E-state index in [1.165, 1.54) is 18.9 Å². The predicted molar refractivity (Wildman–Crippen MR) is 161 cm³/mol. The second-order valence-corrected chi connectivity index (χ2v) is 9.82. The number of piperazine rings is 1. The van der Waals surface area contributed by atoms with Crippen molar-refractivity contribution in [3.05, 3.63) is 80.8 Å². The van der Waals surface area contributed by atoms with E-state index in [2.05, 4.69) is 51.2 Å². The molecule has 0 aliphatic carbocycles. The molecule has 4 heterocycles. The van der Waals surface area contributed by atoms with E-state index in [0.29, 0.717) is 31.2 Å². The summed E-state index contributed by atoms with van der Waals surface area (Å²) in [5.74, 6) is 0.833. The molecule has 2 saturated heterocycles. The van der Waals surface area contributed by atoms with Gasteiger partial charge in [-0.15, -0.1) is 13.1 Å². The molecule has 2 aromatic rings. The zero-order valence-electron chi connectivity index (χ0n) is 24.2. The first-order chi connectivity index (χ1) is 19.5. The predicted octanol–water partition coefficient (Wildman–Crippen LogP) is 2.89. The number of carbonyl (C=O) groups is 2. The Kier molecular flexibility index (Phi) is 16.9. The van der Waals surface area contributed by atoms with Crippen LogP contribution in [-0.2, 0) is 37.5 Å². The number of hydrogen-bond donors (Lipinski definition) is 2. The maximum atomic E-state index is 12.3. The van der Waals surface area contributed by atoms with Gasteiger partial charge in [0.2, 0.25) is 5.91 Å². The summed E-state index contributed by atoms with van der Waals surface area (Å²) >= 11 is 0. The summed E-state index contributed by atoms with van der Waals surface area (Å²) in [5, 5.41) is 6.19. The van der Waals surface area contributed by atoms with E-state index in [0.717, 1.165) is 63.5 Å². The van der Waals surface area contributed by atoms with Crippen molar-refractivity contribution < 1.29 is 42.3 Å². The number of nitrogens with zero attached hydrogens (tertiary/aromatic N) is 5. The van der Waals surface area contributed by atoms with E-state index in [-0.39, 0.29) is 44.5 Å². The number of anilines is 1. The van der Waals surface area contributed by atoms with Crippen molar-refractivity contribution in [1.82, 2.24) is 30.4 Å². The van der Waals surface area contributed by atoms with Gasteiger partial charge in [-0.1, -0.05) is 12.5 Å². The van der Waals surface area contributed by atoms with Gasteiger partial charge in [0.1, 0.15) is 5.82 Å². The molecule has 2 aromatic heterocycles. The van der Waals surface area contributed by atoms with Crippen LogP contribution in [0.3, 0.4) is 0 Å². The molecule has 0 bridgehead atoms. The molecule has 0 unspecified atom stereocenters.